The van der Waals surface area contributed by atoms with E-state index in [4.69, 9.17) is 5.73 Å². The minimum atomic E-state index is 0.146. The number of rotatable bonds is 3. The molecule has 1 aliphatic rings. The summed E-state index contributed by atoms with van der Waals surface area (Å²) in [7, 11) is 0. The highest BCUT2D eigenvalue weighted by atomic mass is 14.8. The van der Waals surface area contributed by atoms with Crippen LogP contribution in [0.5, 0.6) is 0 Å². The molecule has 13 heavy (non-hydrogen) atoms. The minimum Gasteiger partial charge on any atom is -0.323 e. The zero-order valence-electron chi connectivity index (χ0n) is 8.03. The molecular formula is C11H16N2. The Morgan fingerprint density at radius 2 is 2.38 bits per heavy atom. The lowest BCUT2D eigenvalue weighted by atomic mass is 10.1. The number of hydrogen-bond acceptors (Lipinski definition) is 2. The second kappa shape index (κ2) is 3.46. The Morgan fingerprint density at radius 3 is 3.00 bits per heavy atom. The summed E-state index contributed by atoms with van der Waals surface area (Å²) in [6, 6.07) is 4.24. The molecule has 1 aromatic rings. The number of nitrogens with two attached hydrogens (primary N) is 1. The number of nitrogens with zero attached hydrogens (tertiary/aromatic N) is 1. The highest BCUT2D eigenvalue weighted by Crippen LogP contribution is 2.36. The summed E-state index contributed by atoms with van der Waals surface area (Å²) < 4.78 is 0. The highest BCUT2D eigenvalue weighted by Gasteiger charge is 2.24. The molecule has 2 rings (SSSR count). The fraction of sp³-hybridized carbons (Fsp3) is 0.545. The van der Waals surface area contributed by atoms with Gasteiger partial charge in [-0.3, -0.25) is 4.98 Å². The third kappa shape index (κ3) is 2.28. The average Bonchev–Trinajstić information content (AvgIpc) is 2.88. The molecule has 2 heteroatoms. The number of aryl methyl sites for hydroxylation is 1. The molecule has 1 heterocycles. The first-order valence-electron chi connectivity index (χ1n) is 4.94. The molecule has 2 N–H and O–H groups in total. The van der Waals surface area contributed by atoms with Crippen LogP contribution in [0.2, 0.25) is 0 Å². The van der Waals surface area contributed by atoms with E-state index in [1.54, 1.807) is 0 Å². The van der Waals surface area contributed by atoms with Crippen LogP contribution in [-0.4, -0.2) is 4.98 Å². The lowest BCUT2D eigenvalue weighted by molar-refractivity contribution is 0.583. The third-order valence-electron chi connectivity index (χ3n) is 2.60. The second-order valence-corrected chi connectivity index (χ2v) is 4.04. The summed E-state index contributed by atoms with van der Waals surface area (Å²) in [5, 5.41) is 0. The summed E-state index contributed by atoms with van der Waals surface area (Å²) in [5.74, 6) is 0.873. The maximum Gasteiger partial charge on any atom is 0.0573 e. The summed E-state index contributed by atoms with van der Waals surface area (Å²) in [6.45, 7) is 2.08. The summed E-state index contributed by atoms with van der Waals surface area (Å²) in [6.07, 6.45) is 5.67. The van der Waals surface area contributed by atoms with Gasteiger partial charge in [0.2, 0.25) is 0 Å². The quantitative estimate of drug-likeness (QED) is 0.766. The van der Waals surface area contributed by atoms with E-state index in [9.17, 15) is 0 Å². The standard InChI is InChI=1S/C11H16N2/c1-8-4-5-13-11(6-8)10(12)7-9-2-3-9/h4-6,9-10H,2-3,7,12H2,1H3. The summed E-state index contributed by atoms with van der Waals surface area (Å²) in [5.41, 5.74) is 8.34. The SMILES string of the molecule is Cc1ccnc(C(N)CC2CC2)c1. The van der Waals surface area contributed by atoms with Crippen molar-refractivity contribution in [2.45, 2.75) is 32.2 Å². The highest BCUT2D eigenvalue weighted by molar-refractivity contribution is 5.17. The Kier molecular flexibility index (Phi) is 2.32. The smallest absolute Gasteiger partial charge is 0.0573 e. The molecule has 1 fully saturated rings. The van der Waals surface area contributed by atoms with Gasteiger partial charge in [0.15, 0.2) is 0 Å². The van der Waals surface area contributed by atoms with Crippen molar-refractivity contribution in [1.29, 1.82) is 0 Å². The van der Waals surface area contributed by atoms with Crippen LogP contribution in [-0.2, 0) is 0 Å². The van der Waals surface area contributed by atoms with Crippen molar-refractivity contribution in [2.24, 2.45) is 11.7 Å². The van der Waals surface area contributed by atoms with Gasteiger partial charge in [-0.1, -0.05) is 12.8 Å². The average molecular weight is 176 g/mol. The lowest BCUT2D eigenvalue weighted by Gasteiger charge is -2.10. The maximum absolute atomic E-state index is 6.04. The van der Waals surface area contributed by atoms with Crippen LogP contribution in [0, 0.1) is 12.8 Å². The fourth-order valence-corrected chi connectivity index (χ4v) is 1.60. The minimum absolute atomic E-state index is 0.146. The molecule has 1 unspecified atom stereocenters. The van der Waals surface area contributed by atoms with E-state index in [1.807, 2.05) is 12.3 Å². The molecule has 0 bridgehead atoms. The molecule has 1 saturated carbocycles. The first-order valence-corrected chi connectivity index (χ1v) is 4.94. The Bertz CT molecular complexity index is 292. The van der Waals surface area contributed by atoms with Crippen molar-refractivity contribution < 1.29 is 0 Å². The number of pyridine rings is 1. The number of hydrogen-bond donors (Lipinski definition) is 1. The molecule has 0 aromatic carbocycles. The van der Waals surface area contributed by atoms with Crippen LogP contribution in [0.25, 0.3) is 0 Å². The van der Waals surface area contributed by atoms with E-state index in [0.717, 1.165) is 18.0 Å². The largest absolute Gasteiger partial charge is 0.323 e. The Balaban J connectivity index is 2.04. The van der Waals surface area contributed by atoms with Crippen LogP contribution in [0.15, 0.2) is 18.3 Å². The van der Waals surface area contributed by atoms with Gasteiger partial charge >= 0.3 is 0 Å². The van der Waals surface area contributed by atoms with Crippen molar-refractivity contribution in [3.05, 3.63) is 29.6 Å². The first-order chi connectivity index (χ1) is 6.25. The molecule has 1 atom stereocenters. The van der Waals surface area contributed by atoms with Gasteiger partial charge in [-0.15, -0.1) is 0 Å². The van der Waals surface area contributed by atoms with Crippen LogP contribution in [0.1, 0.15) is 36.6 Å². The monoisotopic (exact) mass is 176 g/mol. The van der Waals surface area contributed by atoms with Crippen LogP contribution < -0.4 is 5.73 Å². The van der Waals surface area contributed by atoms with Crippen molar-refractivity contribution in [3.63, 3.8) is 0 Å². The fourth-order valence-electron chi connectivity index (χ4n) is 1.60. The molecule has 70 valence electrons. The predicted molar refractivity (Wildman–Crippen MR) is 53.2 cm³/mol. The normalized spacial score (nSPS) is 18.6. The van der Waals surface area contributed by atoms with E-state index in [0.29, 0.717) is 0 Å². The van der Waals surface area contributed by atoms with Crippen LogP contribution in [0.4, 0.5) is 0 Å². The Labute approximate surface area is 79.2 Å². The van der Waals surface area contributed by atoms with Crippen molar-refractivity contribution >= 4 is 0 Å². The van der Waals surface area contributed by atoms with Gasteiger partial charge < -0.3 is 5.73 Å². The number of aromatic nitrogens is 1. The van der Waals surface area contributed by atoms with E-state index in [2.05, 4.69) is 18.0 Å². The molecule has 0 spiro atoms. The van der Waals surface area contributed by atoms with Gasteiger partial charge in [-0.25, -0.2) is 0 Å². The maximum atomic E-state index is 6.04. The van der Waals surface area contributed by atoms with Crippen LogP contribution in [0.3, 0.4) is 0 Å². The zero-order valence-corrected chi connectivity index (χ0v) is 8.03. The van der Waals surface area contributed by atoms with Gasteiger partial charge in [-0.05, 0) is 37.0 Å². The van der Waals surface area contributed by atoms with E-state index in [1.165, 1.54) is 18.4 Å². The molecule has 0 saturated heterocycles. The Morgan fingerprint density at radius 1 is 1.62 bits per heavy atom. The van der Waals surface area contributed by atoms with Crippen molar-refractivity contribution in [2.75, 3.05) is 0 Å². The van der Waals surface area contributed by atoms with Crippen LogP contribution >= 0.6 is 0 Å². The van der Waals surface area contributed by atoms with Gasteiger partial charge in [0.1, 0.15) is 0 Å². The summed E-state index contributed by atoms with van der Waals surface area (Å²) in [4.78, 5) is 4.30. The van der Waals surface area contributed by atoms with Crippen molar-refractivity contribution in [3.8, 4) is 0 Å². The van der Waals surface area contributed by atoms with Crippen molar-refractivity contribution in [1.82, 2.24) is 4.98 Å². The lowest BCUT2D eigenvalue weighted by Crippen LogP contribution is -2.12. The molecular weight excluding hydrogens is 160 g/mol. The predicted octanol–water partition coefficient (Wildman–Crippen LogP) is 2.19. The first kappa shape index (κ1) is 8.70. The van der Waals surface area contributed by atoms with Gasteiger partial charge in [0.25, 0.3) is 0 Å². The van der Waals surface area contributed by atoms with E-state index < -0.39 is 0 Å². The molecule has 0 aliphatic heterocycles. The Hall–Kier alpha value is -0.890. The van der Waals surface area contributed by atoms with Gasteiger partial charge in [0, 0.05) is 12.2 Å². The molecule has 2 nitrogen and oxygen atoms in total. The van der Waals surface area contributed by atoms with Gasteiger partial charge in [0.05, 0.1) is 5.69 Å². The second-order valence-electron chi connectivity index (χ2n) is 4.04. The molecule has 1 aliphatic carbocycles. The molecule has 0 radical (unpaired) electrons. The van der Waals surface area contributed by atoms with Gasteiger partial charge in [-0.2, -0.15) is 0 Å². The van der Waals surface area contributed by atoms with E-state index in [-0.39, 0.29) is 6.04 Å². The zero-order chi connectivity index (χ0) is 9.26. The van der Waals surface area contributed by atoms with E-state index >= 15 is 0 Å². The summed E-state index contributed by atoms with van der Waals surface area (Å²) >= 11 is 0. The molecule has 1 aromatic heterocycles. The topological polar surface area (TPSA) is 38.9 Å². The molecule has 0 amide bonds. The third-order valence-corrected chi connectivity index (χ3v) is 2.60.